The van der Waals surface area contributed by atoms with Crippen LogP contribution in [0.2, 0.25) is 0 Å². The van der Waals surface area contributed by atoms with Crippen LogP contribution in [0, 0.1) is 5.92 Å². The molecule has 4 rings (SSSR count). The Hall–Kier alpha value is -1.44. The molecule has 1 heterocycles. The van der Waals surface area contributed by atoms with E-state index in [9.17, 15) is 13.2 Å². The minimum atomic E-state index is -3.33. The van der Waals surface area contributed by atoms with Gasteiger partial charge in [0.15, 0.2) is 0 Å². The fraction of sp³-hybridized carbons (Fsp3) is 0.696. The Kier molecular flexibility index (Phi) is 6.80. The molecule has 30 heavy (non-hydrogen) atoms. The van der Waals surface area contributed by atoms with Crippen LogP contribution in [0.15, 0.2) is 30.3 Å². The van der Waals surface area contributed by atoms with Crippen molar-refractivity contribution in [3.8, 4) is 0 Å². The number of ether oxygens (including phenoxy) is 1. The van der Waals surface area contributed by atoms with Crippen LogP contribution in [0.25, 0.3) is 0 Å². The molecule has 0 radical (unpaired) electrons. The molecular formula is C23H34N2O4S. The van der Waals surface area contributed by atoms with Crippen molar-refractivity contribution < 1.29 is 17.9 Å². The number of hydrogen-bond acceptors (Lipinski definition) is 4. The van der Waals surface area contributed by atoms with Crippen LogP contribution < -0.4 is 4.72 Å². The highest BCUT2D eigenvalue weighted by atomic mass is 32.2. The van der Waals surface area contributed by atoms with E-state index in [1.54, 1.807) is 0 Å². The summed E-state index contributed by atoms with van der Waals surface area (Å²) in [6, 6.07) is 10.2. The van der Waals surface area contributed by atoms with Gasteiger partial charge in [0.1, 0.15) is 0 Å². The third-order valence-electron chi connectivity index (χ3n) is 7.10. The van der Waals surface area contributed by atoms with Gasteiger partial charge in [-0.05, 0) is 56.4 Å². The zero-order valence-corrected chi connectivity index (χ0v) is 18.6. The highest BCUT2D eigenvalue weighted by molar-refractivity contribution is 7.88. The molecule has 1 aromatic carbocycles. The van der Waals surface area contributed by atoms with E-state index in [-0.39, 0.29) is 30.0 Å². The number of nitrogens with one attached hydrogen (secondary N) is 1. The van der Waals surface area contributed by atoms with Gasteiger partial charge in [-0.2, -0.15) is 0 Å². The highest BCUT2D eigenvalue weighted by Gasteiger charge is 2.42. The average molecular weight is 435 g/mol. The summed E-state index contributed by atoms with van der Waals surface area (Å²) in [4.78, 5) is 14.8. The van der Waals surface area contributed by atoms with E-state index in [0.29, 0.717) is 25.5 Å². The molecule has 1 N–H and O–H groups in total. The molecule has 6 nitrogen and oxygen atoms in total. The number of sulfonamides is 1. The van der Waals surface area contributed by atoms with Crippen molar-refractivity contribution in [2.24, 2.45) is 5.92 Å². The Morgan fingerprint density at radius 2 is 1.77 bits per heavy atom. The van der Waals surface area contributed by atoms with Gasteiger partial charge in [-0.25, -0.2) is 13.1 Å². The van der Waals surface area contributed by atoms with Gasteiger partial charge >= 0.3 is 0 Å². The number of benzene rings is 1. The Morgan fingerprint density at radius 1 is 1.07 bits per heavy atom. The molecule has 166 valence electrons. The number of likely N-dealkylation sites (tertiary alicyclic amines) is 1. The lowest BCUT2D eigenvalue weighted by Gasteiger charge is -2.35. The summed E-state index contributed by atoms with van der Waals surface area (Å²) in [5, 5.41) is 0. The number of rotatable bonds is 7. The van der Waals surface area contributed by atoms with Crippen LogP contribution in [0.1, 0.15) is 62.8 Å². The van der Waals surface area contributed by atoms with E-state index in [1.807, 2.05) is 4.90 Å². The maximum Gasteiger partial charge on any atom is 0.226 e. The quantitative estimate of drug-likeness (QED) is 0.716. The monoisotopic (exact) mass is 434 g/mol. The standard InChI is InChI=1S/C23H34N2O4S/c1-30(27,28)24-21-14-15-25(23(26)19-8-5-9-19)22(21)16-29-20-12-10-18(11-13-20)17-6-3-2-4-7-17/h2-4,6-7,18-22,24H,5,8-16H2,1H3. The van der Waals surface area contributed by atoms with E-state index in [4.69, 9.17) is 4.74 Å². The zero-order chi connectivity index (χ0) is 21.1. The van der Waals surface area contributed by atoms with Gasteiger partial charge < -0.3 is 9.64 Å². The molecule has 0 aromatic heterocycles. The molecule has 2 aliphatic carbocycles. The Bertz CT molecular complexity index is 817. The van der Waals surface area contributed by atoms with Gasteiger partial charge in [0, 0.05) is 18.5 Å². The second-order valence-corrected chi connectivity index (χ2v) is 11.0. The van der Waals surface area contributed by atoms with Gasteiger partial charge in [0.2, 0.25) is 15.9 Å². The van der Waals surface area contributed by atoms with Crippen molar-refractivity contribution >= 4 is 15.9 Å². The lowest BCUT2D eigenvalue weighted by atomic mass is 9.83. The summed E-state index contributed by atoms with van der Waals surface area (Å²) in [6.07, 6.45) is 9.27. The predicted molar refractivity (Wildman–Crippen MR) is 117 cm³/mol. The molecule has 1 amide bonds. The van der Waals surface area contributed by atoms with E-state index in [0.717, 1.165) is 44.9 Å². The second kappa shape index (κ2) is 9.37. The van der Waals surface area contributed by atoms with Crippen molar-refractivity contribution in [2.75, 3.05) is 19.4 Å². The predicted octanol–water partition coefficient (Wildman–Crippen LogP) is 3.05. The molecule has 1 saturated heterocycles. The number of amides is 1. The number of carbonyl (C=O) groups is 1. The SMILES string of the molecule is CS(=O)(=O)NC1CCN(C(=O)C2CCC2)C1COC1CCC(c2ccccc2)CC1. The third kappa shape index (κ3) is 5.24. The molecular weight excluding hydrogens is 400 g/mol. The first-order valence-electron chi connectivity index (χ1n) is 11.3. The molecule has 1 aliphatic heterocycles. The van der Waals surface area contributed by atoms with Crippen LogP contribution in [0.5, 0.6) is 0 Å². The van der Waals surface area contributed by atoms with Crippen molar-refractivity contribution in [1.29, 1.82) is 0 Å². The van der Waals surface area contributed by atoms with Gasteiger partial charge in [-0.3, -0.25) is 4.79 Å². The van der Waals surface area contributed by atoms with Crippen LogP contribution in [0.3, 0.4) is 0 Å². The molecule has 1 aromatic rings. The van der Waals surface area contributed by atoms with Gasteiger partial charge in [0.25, 0.3) is 0 Å². The topological polar surface area (TPSA) is 75.7 Å². The summed E-state index contributed by atoms with van der Waals surface area (Å²) in [5.41, 5.74) is 1.40. The van der Waals surface area contributed by atoms with Gasteiger partial charge in [0.05, 0.1) is 25.0 Å². The second-order valence-electron chi connectivity index (χ2n) is 9.23. The lowest BCUT2D eigenvalue weighted by Crippen LogP contribution is -2.51. The van der Waals surface area contributed by atoms with E-state index in [2.05, 4.69) is 35.1 Å². The fourth-order valence-corrected chi connectivity index (χ4v) is 5.98. The largest absolute Gasteiger partial charge is 0.376 e. The van der Waals surface area contributed by atoms with E-state index >= 15 is 0 Å². The summed E-state index contributed by atoms with van der Waals surface area (Å²) in [5.74, 6) is 0.889. The first-order valence-corrected chi connectivity index (χ1v) is 13.2. The zero-order valence-electron chi connectivity index (χ0n) is 17.8. The average Bonchev–Trinajstić information content (AvgIpc) is 3.07. The minimum absolute atomic E-state index is 0.116. The maximum atomic E-state index is 12.9. The van der Waals surface area contributed by atoms with Gasteiger partial charge in [-0.1, -0.05) is 36.8 Å². The summed E-state index contributed by atoms with van der Waals surface area (Å²) in [7, 11) is -3.33. The lowest BCUT2D eigenvalue weighted by molar-refractivity contribution is -0.141. The highest BCUT2D eigenvalue weighted by Crippen LogP contribution is 2.35. The number of carbonyl (C=O) groups excluding carboxylic acids is 1. The minimum Gasteiger partial charge on any atom is -0.376 e. The Morgan fingerprint density at radius 3 is 2.37 bits per heavy atom. The molecule has 2 saturated carbocycles. The van der Waals surface area contributed by atoms with Crippen LogP contribution in [-0.4, -0.2) is 56.8 Å². The van der Waals surface area contributed by atoms with Gasteiger partial charge in [-0.15, -0.1) is 0 Å². The number of hydrogen-bond donors (Lipinski definition) is 1. The van der Waals surface area contributed by atoms with Crippen molar-refractivity contribution in [3.05, 3.63) is 35.9 Å². The van der Waals surface area contributed by atoms with Crippen LogP contribution in [0.4, 0.5) is 0 Å². The van der Waals surface area contributed by atoms with Crippen molar-refractivity contribution in [1.82, 2.24) is 9.62 Å². The molecule has 7 heteroatoms. The number of nitrogens with zero attached hydrogens (tertiary/aromatic N) is 1. The summed E-state index contributed by atoms with van der Waals surface area (Å²) in [6.45, 7) is 1.02. The van der Waals surface area contributed by atoms with Crippen molar-refractivity contribution in [2.45, 2.75) is 75.5 Å². The fourth-order valence-electron chi connectivity index (χ4n) is 5.16. The molecule has 3 aliphatic rings. The molecule has 3 fully saturated rings. The summed E-state index contributed by atoms with van der Waals surface area (Å²) < 4.78 is 32.7. The normalized spacial score (nSPS) is 30.2. The molecule has 2 unspecified atom stereocenters. The molecule has 0 bridgehead atoms. The Labute approximate surface area is 180 Å². The maximum absolute atomic E-state index is 12.9. The van der Waals surface area contributed by atoms with Crippen LogP contribution in [-0.2, 0) is 19.6 Å². The smallest absolute Gasteiger partial charge is 0.226 e. The van der Waals surface area contributed by atoms with E-state index < -0.39 is 10.0 Å². The summed E-state index contributed by atoms with van der Waals surface area (Å²) >= 11 is 0. The molecule has 0 spiro atoms. The van der Waals surface area contributed by atoms with E-state index in [1.165, 1.54) is 11.8 Å². The third-order valence-corrected chi connectivity index (χ3v) is 7.83. The first-order chi connectivity index (χ1) is 14.4. The molecule has 2 atom stereocenters. The van der Waals surface area contributed by atoms with Crippen molar-refractivity contribution in [3.63, 3.8) is 0 Å². The Balaban J connectivity index is 1.34. The van der Waals surface area contributed by atoms with Crippen LogP contribution >= 0.6 is 0 Å². The first kappa shape index (κ1) is 21.8.